The first-order chi connectivity index (χ1) is 11.3. The van der Waals surface area contributed by atoms with E-state index in [9.17, 15) is 9.59 Å². The predicted octanol–water partition coefficient (Wildman–Crippen LogP) is 2.71. The van der Waals surface area contributed by atoms with Crippen molar-refractivity contribution < 1.29 is 14.3 Å². The third kappa shape index (κ3) is 4.98. The molecular weight excluding hydrogens is 304 g/mol. The summed E-state index contributed by atoms with van der Waals surface area (Å²) in [4.78, 5) is 26.6. The lowest BCUT2D eigenvalue weighted by Gasteiger charge is -2.32. The van der Waals surface area contributed by atoms with Crippen LogP contribution in [0.5, 0.6) is 5.75 Å². The van der Waals surface area contributed by atoms with Gasteiger partial charge in [-0.2, -0.15) is 0 Å². The number of hydrogen-bond acceptors (Lipinski definition) is 3. The molecule has 1 aliphatic rings. The lowest BCUT2D eigenvalue weighted by Crippen LogP contribution is -2.44. The van der Waals surface area contributed by atoms with Crippen LogP contribution in [-0.4, -0.2) is 43.5 Å². The van der Waals surface area contributed by atoms with Crippen LogP contribution in [0.2, 0.25) is 0 Å². The molecule has 1 fully saturated rings. The second-order valence-corrected chi connectivity index (χ2v) is 7.57. The average molecular weight is 332 g/mol. The minimum atomic E-state index is 0.00673. The summed E-state index contributed by atoms with van der Waals surface area (Å²) in [7, 11) is 1.60. The number of benzene rings is 1. The summed E-state index contributed by atoms with van der Waals surface area (Å²) in [6.45, 7) is 8.23. The minimum Gasteiger partial charge on any atom is -0.497 e. The molecule has 5 heteroatoms. The van der Waals surface area contributed by atoms with Gasteiger partial charge in [0.1, 0.15) is 5.75 Å². The summed E-state index contributed by atoms with van der Waals surface area (Å²) in [6.07, 6.45) is 1.44. The molecule has 1 aromatic carbocycles. The molecule has 0 unspecified atom stereocenters. The quantitative estimate of drug-likeness (QED) is 0.922. The Balaban J connectivity index is 1.85. The Bertz CT molecular complexity index is 567. The Morgan fingerprint density at radius 1 is 1.17 bits per heavy atom. The zero-order valence-electron chi connectivity index (χ0n) is 15.1. The lowest BCUT2D eigenvalue weighted by molar-refractivity contribution is -0.126. The monoisotopic (exact) mass is 332 g/mol. The second-order valence-electron chi connectivity index (χ2n) is 7.57. The normalized spacial score (nSPS) is 15.9. The fraction of sp³-hybridized carbons (Fsp3) is 0.579. The number of likely N-dealkylation sites (tertiary alicyclic amines) is 1. The number of carbonyl (C=O) groups is 2. The van der Waals surface area contributed by atoms with E-state index in [0.717, 1.165) is 18.6 Å². The third-order valence-corrected chi connectivity index (χ3v) is 4.28. The molecule has 0 aromatic heterocycles. The molecule has 24 heavy (non-hydrogen) atoms. The molecule has 1 aliphatic heterocycles. The van der Waals surface area contributed by atoms with Gasteiger partial charge in [0.15, 0.2) is 0 Å². The van der Waals surface area contributed by atoms with Gasteiger partial charge in [0.2, 0.25) is 5.91 Å². The molecule has 132 valence electrons. The van der Waals surface area contributed by atoms with Crippen molar-refractivity contribution in [1.82, 2.24) is 10.2 Å². The van der Waals surface area contributed by atoms with E-state index in [1.165, 1.54) is 0 Å². The van der Waals surface area contributed by atoms with E-state index >= 15 is 0 Å². The molecule has 0 aliphatic carbocycles. The highest BCUT2D eigenvalue weighted by molar-refractivity contribution is 5.94. The number of hydrogen-bond donors (Lipinski definition) is 1. The van der Waals surface area contributed by atoms with Crippen molar-refractivity contribution in [2.45, 2.75) is 33.6 Å². The van der Waals surface area contributed by atoms with Crippen molar-refractivity contribution >= 4 is 11.8 Å². The summed E-state index contributed by atoms with van der Waals surface area (Å²) in [5.41, 5.74) is 0.743. The molecule has 0 atom stereocenters. The molecular formula is C19H28N2O3. The highest BCUT2D eigenvalue weighted by Crippen LogP contribution is 2.21. The van der Waals surface area contributed by atoms with E-state index in [1.807, 2.05) is 4.90 Å². The minimum absolute atomic E-state index is 0.00673. The molecule has 2 rings (SSSR count). The average Bonchev–Trinajstić information content (AvgIpc) is 2.58. The van der Waals surface area contributed by atoms with Crippen LogP contribution in [0.15, 0.2) is 24.3 Å². The number of nitrogens with zero attached hydrogens (tertiary/aromatic N) is 1. The molecule has 0 bridgehead atoms. The zero-order valence-corrected chi connectivity index (χ0v) is 15.1. The number of piperidine rings is 1. The largest absolute Gasteiger partial charge is 0.497 e. The van der Waals surface area contributed by atoms with Crippen LogP contribution in [0.3, 0.4) is 0 Å². The zero-order chi connectivity index (χ0) is 17.7. The van der Waals surface area contributed by atoms with E-state index in [2.05, 4.69) is 26.1 Å². The maximum absolute atomic E-state index is 12.5. The Morgan fingerprint density at radius 2 is 1.75 bits per heavy atom. The van der Waals surface area contributed by atoms with Gasteiger partial charge in [0.05, 0.1) is 7.11 Å². The summed E-state index contributed by atoms with van der Waals surface area (Å²) in [5.74, 6) is 0.876. The fourth-order valence-corrected chi connectivity index (χ4v) is 2.76. The summed E-state index contributed by atoms with van der Waals surface area (Å²) in [6, 6.07) is 7.15. The van der Waals surface area contributed by atoms with Crippen molar-refractivity contribution in [2.75, 3.05) is 26.7 Å². The van der Waals surface area contributed by atoms with Crippen molar-refractivity contribution in [3.05, 3.63) is 29.8 Å². The van der Waals surface area contributed by atoms with E-state index in [4.69, 9.17) is 4.74 Å². The van der Waals surface area contributed by atoms with Gasteiger partial charge in [-0.05, 0) is 42.5 Å². The topological polar surface area (TPSA) is 58.6 Å². The Hall–Kier alpha value is -2.04. The Labute approximate surface area is 144 Å². The molecule has 1 aromatic rings. The Morgan fingerprint density at radius 3 is 2.25 bits per heavy atom. The van der Waals surface area contributed by atoms with Gasteiger partial charge >= 0.3 is 0 Å². The molecule has 1 heterocycles. The standard InChI is InChI=1S/C19H28N2O3/c1-19(2,3)13-20-17(22)14-9-11-21(12-10-14)18(23)15-5-7-16(24-4)8-6-15/h5-8,14H,9-13H2,1-4H3,(H,20,22). The van der Waals surface area contributed by atoms with Crippen LogP contribution >= 0.6 is 0 Å². The van der Waals surface area contributed by atoms with Gasteiger partial charge in [0.25, 0.3) is 5.91 Å². The van der Waals surface area contributed by atoms with E-state index in [0.29, 0.717) is 25.2 Å². The first kappa shape index (κ1) is 18.3. The maximum atomic E-state index is 12.5. The highest BCUT2D eigenvalue weighted by Gasteiger charge is 2.28. The van der Waals surface area contributed by atoms with Crippen LogP contribution < -0.4 is 10.1 Å². The van der Waals surface area contributed by atoms with Crippen LogP contribution in [0.1, 0.15) is 44.0 Å². The summed E-state index contributed by atoms with van der Waals surface area (Å²) >= 11 is 0. The molecule has 0 saturated carbocycles. The van der Waals surface area contributed by atoms with Crippen molar-refractivity contribution in [3.63, 3.8) is 0 Å². The second kappa shape index (κ2) is 7.69. The maximum Gasteiger partial charge on any atom is 0.253 e. The van der Waals surface area contributed by atoms with Gasteiger partial charge in [-0.3, -0.25) is 9.59 Å². The summed E-state index contributed by atoms with van der Waals surface area (Å²) in [5, 5.41) is 3.02. The first-order valence-electron chi connectivity index (χ1n) is 8.51. The van der Waals surface area contributed by atoms with Gasteiger partial charge in [0, 0.05) is 31.1 Å². The van der Waals surface area contributed by atoms with Crippen LogP contribution in [-0.2, 0) is 4.79 Å². The predicted molar refractivity (Wildman–Crippen MR) is 94.1 cm³/mol. The van der Waals surface area contributed by atoms with Crippen molar-refractivity contribution in [1.29, 1.82) is 0 Å². The third-order valence-electron chi connectivity index (χ3n) is 4.28. The first-order valence-corrected chi connectivity index (χ1v) is 8.51. The Kier molecular flexibility index (Phi) is 5.86. The van der Waals surface area contributed by atoms with Crippen LogP contribution in [0.25, 0.3) is 0 Å². The molecule has 0 radical (unpaired) electrons. The highest BCUT2D eigenvalue weighted by atomic mass is 16.5. The smallest absolute Gasteiger partial charge is 0.253 e. The van der Waals surface area contributed by atoms with Gasteiger partial charge in [-0.1, -0.05) is 20.8 Å². The van der Waals surface area contributed by atoms with Gasteiger partial charge in [-0.15, -0.1) is 0 Å². The van der Waals surface area contributed by atoms with E-state index < -0.39 is 0 Å². The number of carbonyl (C=O) groups excluding carboxylic acids is 2. The van der Waals surface area contributed by atoms with Crippen molar-refractivity contribution in [2.24, 2.45) is 11.3 Å². The number of rotatable bonds is 4. The van der Waals surface area contributed by atoms with E-state index in [1.54, 1.807) is 31.4 Å². The molecule has 5 nitrogen and oxygen atoms in total. The molecule has 2 amide bonds. The van der Waals surface area contributed by atoms with Gasteiger partial charge in [-0.25, -0.2) is 0 Å². The van der Waals surface area contributed by atoms with Crippen LogP contribution in [0.4, 0.5) is 0 Å². The molecule has 0 spiro atoms. The molecule has 1 saturated heterocycles. The fourth-order valence-electron chi connectivity index (χ4n) is 2.76. The van der Waals surface area contributed by atoms with E-state index in [-0.39, 0.29) is 23.1 Å². The number of nitrogens with one attached hydrogen (secondary N) is 1. The number of amides is 2. The SMILES string of the molecule is COc1ccc(C(=O)N2CCC(C(=O)NCC(C)(C)C)CC2)cc1. The number of methoxy groups -OCH3 is 1. The van der Waals surface area contributed by atoms with Crippen LogP contribution in [0, 0.1) is 11.3 Å². The van der Waals surface area contributed by atoms with Crippen molar-refractivity contribution in [3.8, 4) is 5.75 Å². The lowest BCUT2D eigenvalue weighted by atomic mass is 9.93. The number of ether oxygens (including phenoxy) is 1. The summed E-state index contributed by atoms with van der Waals surface area (Å²) < 4.78 is 5.11. The van der Waals surface area contributed by atoms with Gasteiger partial charge < -0.3 is 15.0 Å². The molecule has 1 N–H and O–H groups in total.